The molecule has 0 spiro atoms. The van der Waals surface area contributed by atoms with Gasteiger partial charge in [0.15, 0.2) is 0 Å². The van der Waals surface area contributed by atoms with Gasteiger partial charge in [-0.25, -0.2) is 0 Å². The van der Waals surface area contributed by atoms with Crippen molar-refractivity contribution in [2.45, 2.75) is 110 Å². The molecule has 0 bridgehead atoms. The molecule has 0 aromatic heterocycles. The van der Waals surface area contributed by atoms with Crippen LogP contribution in [-0.4, -0.2) is 15.1 Å². The molecule has 0 radical (unpaired) electrons. The highest BCUT2D eigenvalue weighted by molar-refractivity contribution is 7.53. The standard InChI is InChI=1S/C18H40NO3P/c1-17(2)15-13-11-9-7-5-4-6-8-10-12-14-16-18(3,19)23(20,21)22/h17H,4-16,19H2,1-3H3,(H2,20,21,22). The Hall–Kier alpha value is 0.110. The molecule has 0 saturated heterocycles. The van der Waals surface area contributed by atoms with E-state index in [4.69, 9.17) is 15.5 Å². The van der Waals surface area contributed by atoms with Crippen molar-refractivity contribution in [3.63, 3.8) is 0 Å². The Labute approximate surface area is 143 Å². The molecular formula is C18H40NO3P. The van der Waals surface area contributed by atoms with Crippen LogP contribution in [0.1, 0.15) is 104 Å². The summed E-state index contributed by atoms with van der Waals surface area (Å²) in [6, 6.07) is 0. The molecule has 0 aliphatic carbocycles. The second kappa shape index (κ2) is 12.5. The van der Waals surface area contributed by atoms with Crippen LogP contribution in [0.3, 0.4) is 0 Å². The average Bonchev–Trinajstić information content (AvgIpc) is 2.42. The van der Waals surface area contributed by atoms with Gasteiger partial charge in [-0.2, -0.15) is 0 Å². The first-order valence-electron chi connectivity index (χ1n) is 9.51. The van der Waals surface area contributed by atoms with Gasteiger partial charge in [0.1, 0.15) is 5.28 Å². The Morgan fingerprint density at radius 3 is 1.52 bits per heavy atom. The fourth-order valence-electron chi connectivity index (χ4n) is 2.77. The van der Waals surface area contributed by atoms with Crippen molar-refractivity contribution in [3.05, 3.63) is 0 Å². The third kappa shape index (κ3) is 13.1. The number of unbranched alkanes of at least 4 members (excludes halogenated alkanes) is 10. The van der Waals surface area contributed by atoms with Gasteiger partial charge in [0.05, 0.1) is 0 Å². The summed E-state index contributed by atoms with van der Waals surface area (Å²) < 4.78 is 11.2. The highest BCUT2D eigenvalue weighted by Crippen LogP contribution is 2.49. The number of hydrogen-bond donors (Lipinski definition) is 3. The summed E-state index contributed by atoms with van der Waals surface area (Å²) in [6.07, 6.45) is 15.4. The van der Waals surface area contributed by atoms with E-state index in [1.54, 1.807) is 0 Å². The summed E-state index contributed by atoms with van der Waals surface area (Å²) in [5, 5.41) is -1.36. The van der Waals surface area contributed by atoms with Gasteiger partial charge in [-0.15, -0.1) is 0 Å². The molecule has 0 aliphatic rings. The van der Waals surface area contributed by atoms with Crippen LogP contribution in [-0.2, 0) is 4.57 Å². The van der Waals surface area contributed by atoms with Gasteiger partial charge < -0.3 is 15.5 Å². The Morgan fingerprint density at radius 2 is 1.17 bits per heavy atom. The minimum absolute atomic E-state index is 0.396. The zero-order chi connectivity index (χ0) is 17.8. The molecule has 0 heterocycles. The van der Waals surface area contributed by atoms with E-state index < -0.39 is 12.9 Å². The van der Waals surface area contributed by atoms with Gasteiger partial charge in [0.25, 0.3) is 0 Å². The predicted octanol–water partition coefficient (Wildman–Crippen LogP) is 5.57. The van der Waals surface area contributed by atoms with E-state index >= 15 is 0 Å². The van der Waals surface area contributed by atoms with Crippen LogP contribution < -0.4 is 5.73 Å². The SMILES string of the molecule is CC(C)CCCCCCCCCCCCCC(C)(N)P(=O)(O)O. The maximum absolute atomic E-state index is 11.2. The topological polar surface area (TPSA) is 83.6 Å². The van der Waals surface area contributed by atoms with Crippen LogP contribution >= 0.6 is 7.60 Å². The second-order valence-electron chi connectivity index (χ2n) is 7.72. The molecule has 4 nitrogen and oxygen atoms in total. The van der Waals surface area contributed by atoms with E-state index in [0.717, 1.165) is 25.2 Å². The lowest BCUT2D eigenvalue weighted by Crippen LogP contribution is -2.35. The summed E-state index contributed by atoms with van der Waals surface area (Å²) in [5.41, 5.74) is 5.68. The van der Waals surface area contributed by atoms with Crippen LogP contribution in [0, 0.1) is 5.92 Å². The van der Waals surface area contributed by atoms with Crippen molar-refractivity contribution in [1.29, 1.82) is 0 Å². The zero-order valence-electron chi connectivity index (χ0n) is 15.6. The van der Waals surface area contributed by atoms with Crippen molar-refractivity contribution in [1.82, 2.24) is 0 Å². The number of hydrogen-bond acceptors (Lipinski definition) is 2. The average molecular weight is 349 g/mol. The van der Waals surface area contributed by atoms with Gasteiger partial charge in [-0.3, -0.25) is 4.57 Å². The largest absolute Gasteiger partial charge is 0.344 e. The molecule has 1 atom stereocenters. The Kier molecular flexibility index (Phi) is 12.5. The van der Waals surface area contributed by atoms with Crippen molar-refractivity contribution in [2.24, 2.45) is 11.7 Å². The Morgan fingerprint density at radius 1 is 0.826 bits per heavy atom. The van der Waals surface area contributed by atoms with Gasteiger partial charge in [-0.1, -0.05) is 90.9 Å². The normalized spacial score (nSPS) is 15.1. The first-order chi connectivity index (χ1) is 10.7. The monoisotopic (exact) mass is 349 g/mol. The zero-order valence-corrected chi connectivity index (χ0v) is 16.5. The molecule has 1 unspecified atom stereocenters. The van der Waals surface area contributed by atoms with Crippen molar-refractivity contribution in [2.75, 3.05) is 0 Å². The van der Waals surface area contributed by atoms with E-state index in [1.807, 2.05) is 0 Å². The third-order valence-electron chi connectivity index (χ3n) is 4.63. The first kappa shape index (κ1) is 23.1. The van der Waals surface area contributed by atoms with E-state index in [9.17, 15) is 4.57 Å². The maximum atomic E-state index is 11.2. The summed E-state index contributed by atoms with van der Waals surface area (Å²) in [5.74, 6) is 0.842. The van der Waals surface area contributed by atoms with Gasteiger partial charge in [0, 0.05) is 0 Å². The molecule has 0 rings (SSSR count). The molecule has 5 heteroatoms. The van der Waals surface area contributed by atoms with Crippen molar-refractivity contribution < 1.29 is 14.4 Å². The molecule has 0 saturated carbocycles. The quantitative estimate of drug-likeness (QED) is 0.267. The highest BCUT2D eigenvalue weighted by atomic mass is 31.2. The lowest BCUT2D eigenvalue weighted by Gasteiger charge is -2.25. The summed E-state index contributed by atoms with van der Waals surface area (Å²) in [6.45, 7) is 6.04. The van der Waals surface area contributed by atoms with E-state index in [1.165, 1.54) is 64.7 Å². The van der Waals surface area contributed by atoms with E-state index in [-0.39, 0.29) is 0 Å². The third-order valence-corrected chi connectivity index (χ3v) is 6.18. The van der Waals surface area contributed by atoms with Crippen LogP contribution in [0.25, 0.3) is 0 Å². The van der Waals surface area contributed by atoms with Gasteiger partial charge in [0.2, 0.25) is 0 Å². The molecule has 0 fully saturated rings. The first-order valence-corrected chi connectivity index (χ1v) is 11.1. The smallest absolute Gasteiger partial charge is 0.323 e. The molecular weight excluding hydrogens is 309 g/mol. The summed E-state index contributed by atoms with van der Waals surface area (Å²) >= 11 is 0. The second-order valence-corrected chi connectivity index (χ2v) is 9.83. The molecule has 140 valence electrons. The predicted molar refractivity (Wildman–Crippen MR) is 99.5 cm³/mol. The lowest BCUT2D eigenvalue weighted by atomic mass is 10.0. The van der Waals surface area contributed by atoms with Crippen molar-refractivity contribution in [3.8, 4) is 0 Å². The Balaban J connectivity index is 3.30. The van der Waals surface area contributed by atoms with Crippen LogP contribution in [0.4, 0.5) is 0 Å². The summed E-state index contributed by atoms with van der Waals surface area (Å²) in [7, 11) is -4.18. The minimum Gasteiger partial charge on any atom is -0.323 e. The van der Waals surface area contributed by atoms with Crippen LogP contribution in [0.2, 0.25) is 0 Å². The maximum Gasteiger partial charge on any atom is 0.344 e. The molecule has 0 aliphatic heterocycles. The van der Waals surface area contributed by atoms with Crippen LogP contribution in [0.5, 0.6) is 0 Å². The Bertz CT molecular complexity index is 326. The van der Waals surface area contributed by atoms with E-state index in [0.29, 0.717) is 6.42 Å². The lowest BCUT2D eigenvalue weighted by molar-refractivity contribution is 0.321. The fraction of sp³-hybridized carbons (Fsp3) is 1.00. The van der Waals surface area contributed by atoms with Crippen molar-refractivity contribution >= 4 is 7.60 Å². The van der Waals surface area contributed by atoms with Gasteiger partial charge in [-0.05, 0) is 19.3 Å². The fourth-order valence-corrected chi connectivity index (χ4v) is 3.22. The molecule has 0 aromatic carbocycles. The molecule has 4 N–H and O–H groups in total. The molecule has 23 heavy (non-hydrogen) atoms. The number of rotatable bonds is 15. The molecule has 0 aromatic rings. The summed E-state index contributed by atoms with van der Waals surface area (Å²) in [4.78, 5) is 18.3. The highest BCUT2D eigenvalue weighted by Gasteiger charge is 2.37. The van der Waals surface area contributed by atoms with E-state index in [2.05, 4.69) is 13.8 Å². The minimum atomic E-state index is -4.18. The number of nitrogens with two attached hydrogens (primary N) is 1. The van der Waals surface area contributed by atoms with Gasteiger partial charge >= 0.3 is 7.60 Å². The van der Waals surface area contributed by atoms with Crippen LogP contribution in [0.15, 0.2) is 0 Å². The molecule has 0 amide bonds.